The van der Waals surface area contributed by atoms with Crippen molar-refractivity contribution in [3.63, 3.8) is 0 Å². The summed E-state index contributed by atoms with van der Waals surface area (Å²) >= 11 is 0. The minimum atomic E-state index is -0.433. The molecule has 2 aliphatic rings. The second-order valence-corrected chi connectivity index (χ2v) is 8.04. The minimum absolute atomic E-state index is 0.0929. The van der Waals surface area contributed by atoms with Crippen LogP contribution in [0.25, 0.3) is 0 Å². The molecule has 0 radical (unpaired) electrons. The highest BCUT2D eigenvalue weighted by molar-refractivity contribution is 6.06. The van der Waals surface area contributed by atoms with Crippen LogP contribution in [-0.4, -0.2) is 36.3 Å². The number of benzene rings is 2. The lowest BCUT2D eigenvalue weighted by Crippen LogP contribution is -2.21. The molecule has 2 fully saturated rings. The third-order valence-electron chi connectivity index (χ3n) is 5.63. The molecule has 8 nitrogen and oxygen atoms in total. The SMILES string of the molecule is C[C@H](CCOc1ccc([C@H]2CC(=O)NC2=O)cc1)Oc1ccc([C@@H]2CC(=O)NC2=O)cc1. The van der Waals surface area contributed by atoms with Crippen molar-refractivity contribution in [3.8, 4) is 11.5 Å². The first-order valence-corrected chi connectivity index (χ1v) is 10.6. The van der Waals surface area contributed by atoms with Crippen LogP contribution in [0.1, 0.15) is 49.1 Å². The summed E-state index contributed by atoms with van der Waals surface area (Å²) in [6.45, 7) is 2.39. The molecular weight excluding hydrogens is 412 g/mol. The maximum absolute atomic E-state index is 11.8. The first kappa shape index (κ1) is 21.5. The summed E-state index contributed by atoms with van der Waals surface area (Å²) in [4.78, 5) is 46.3. The van der Waals surface area contributed by atoms with Gasteiger partial charge in [0.2, 0.25) is 23.6 Å². The summed E-state index contributed by atoms with van der Waals surface area (Å²) in [6, 6.07) is 14.4. The molecule has 2 aromatic rings. The second kappa shape index (κ2) is 9.21. The van der Waals surface area contributed by atoms with Crippen LogP contribution in [0.5, 0.6) is 11.5 Å². The van der Waals surface area contributed by atoms with Crippen molar-refractivity contribution >= 4 is 23.6 Å². The summed E-state index contributed by atoms with van der Waals surface area (Å²) in [5.41, 5.74) is 1.58. The van der Waals surface area contributed by atoms with E-state index in [4.69, 9.17) is 9.47 Å². The zero-order valence-electron chi connectivity index (χ0n) is 17.6. The predicted molar refractivity (Wildman–Crippen MR) is 114 cm³/mol. The number of ether oxygens (including phenoxy) is 2. The zero-order chi connectivity index (χ0) is 22.7. The van der Waals surface area contributed by atoms with Gasteiger partial charge in [0.05, 0.1) is 24.5 Å². The number of amides is 4. The van der Waals surface area contributed by atoms with Crippen molar-refractivity contribution in [2.24, 2.45) is 0 Å². The summed E-state index contributed by atoms with van der Waals surface area (Å²) in [6.07, 6.45) is 0.924. The van der Waals surface area contributed by atoms with Crippen molar-refractivity contribution in [1.82, 2.24) is 10.6 Å². The Morgan fingerprint density at radius 1 is 0.781 bits per heavy atom. The first-order valence-electron chi connectivity index (χ1n) is 10.6. The van der Waals surface area contributed by atoms with Crippen LogP contribution in [0.3, 0.4) is 0 Å². The molecule has 0 unspecified atom stereocenters. The molecule has 166 valence electrons. The summed E-state index contributed by atoms with van der Waals surface area (Å²) in [5, 5.41) is 4.63. The van der Waals surface area contributed by atoms with Crippen molar-refractivity contribution in [2.45, 2.75) is 44.1 Å². The van der Waals surface area contributed by atoms with Crippen molar-refractivity contribution in [3.05, 3.63) is 59.7 Å². The molecule has 2 N–H and O–H groups in total. The van der Waals surface area contributed by atoms with E-state index >= 15 is 0 Å². The van der Waals surface area contributed by atoms with E-state index in [0.717, 1.165) is 11.1 Å². The summed E-state index contributed by atoms with van der Waals surface area (Å²) in [7, 11) is 0. The van der Waals surface area contributed by atoms with Gasteiger partial charge in [-0.05, 0) is 42.3 Å². The van der Waals surface area contributed by atoms with E-state index in [1.807, 2.05) is 6.92 Å². The fourth-order valence-electron chi connectivity index (χ4n) is 3.85. The number of hydrogen-bond donors (Lipinski definition) is 2. The molecule has 32 heavy (non-hydrogen) atoms. The topological polar surface area (TPSA) is 111 Å². The van der Waals surface area contributed by atoms with Gasteiger partial charge in [0.1, 0.15) is 11.5 Å². The van der Waals surface area contributed by atoms with Crippen LogP contribution >= 0.6 is 0 Å². The largest absolute Gasteiger partial charge is 0.493 e. The molecule has 0 aromatic heterocycles. The van der Waals surface area contributed by atoms with Crippen LogP contribution in [0.2, 0.25) is 0 Å². The van der Waals surface area contributed by atoms with Crippen molar-refractivity contribution in [2.75, 3.05) is 6.61 Å². The third kappa shape index (κ3) is 4.96. The first-order chi connectivity index (χ1) is 15.4. The zero-order valence-corrected chi connectivity index (χ0v) is 17.6. The highest BCUT2D eigenvalue weighted by Crippen LogP contribution is 2.27. The lowest BCUT2D eigenvalue weighted by molar-refractivity contribution is -0.126. The fourth-order valence-corrected chi connectivity index (χ4v) is 3.85. The average molecular weight is 436 g/mol. The number of imide groups is 2. The van der Waals surface area contributed by atoms with E-state index in [1.165, 1.54) is 0 Å². The van der Waals surface area contributed by atoms with Gasteiger partial charge in [-0.2, -0.15) is 0 Å². The Balaban J connectivity index is 1.22. The van der Waals surface area contributed by atoms with E-state index in [1.54, 1.807) is 48.5 Å². The van der Waals surface area contributed by atoms with Crippen LogP contribution in [0.4, 0.5) is 0 Å². The molecule has 2 heterocycles. The average Bonchev–Trinajstić information content (AvgIpc) is 3.28. The van der Waals surface area contributed by atoms with Gasteiger partial charge < -0.3 is 9.47 Å². The molecule has 0 spiro atoms. The quantitative estimate of drug-likeness (QED) is 0.614. The minimum Gasteiger partial charge on any atom is -0.493 e. The van der Waals surface area contributed by atoms with Gasteiger partial charge in [0, 0.05) is 19.3 Å². The van der Waals surface area contributed by atoms with Gasteiger partial charge in [0.25, 0.3) is 0 Å². The Labute approximate surface area is 185 Å². The van der Waals surface area contributed by atoms with Gasteiger partial charge >= 0.3 is 0 Å². The lowest BCUT2D eigenvalue weighted by atomic mass is 9.97. The van der Waals surface area contributed by atoms with E-state index < -0.39 is 11.8 Å². The predicted octanol–water partition coefficient (Wildman–Crippen LogP) is 2.18. The van der Waals surface area contributed by atoms with E-state index in [0.29, 0.717) is 24.5 Å². The van der Waals surface area contributed by atoms with E-state index in [2.05, 4.69) is 10.6 Å². The number of carbonyl (C=O) groups is 4. The van der Waals surface area contributed by atoms with Gasteiger partial charge in [-0.3, -0.25) is 29.8 Å². The number of nitrogens with one attached hydrogen (secondary N) is 2. The normalized spacial score (nSPS) is 21.3. The van der Waals surface area contributed by atoms with E-state index in [9.17, 15) is 19.2 Å². The monoisotopic (exact) mass is 436 g/mol. The van der Waals surface area contributed by atoms with Crippen LogP contribution in [0, 0.1) is 0 Å². The highest BCUT2D eigenvalue weighted by atomic mass is 16.5. The molecule has 0 aliphatic carbocycles. The third-order valence-corrected chi connectivity index (χ3v) is 5.63. The molecule has 4 amide bonds. The molecule has 2 saturated heterocycles. The Morgan fingerprint density at radius 2 is 1.25 bits per heavy atom. The summed E-state index contributed by atoms with van der Waals surface area (Å²) in [5.74, 6) is -0.521. The molecular formula is C24H24N2O6. The lowest BCUT2D eigenvalue weighted by Gasteiger charge is -2.16. The Bertz CT molecular complexity index is 1030. The second-order valence-electron chi connectivity index (χ2n) is 8.04. The van der Waals surface area contributed by atoms with Crippen molar-refractivity contribution < 1.29 is 28.7 Å². The Morgan fingerprint density at radius 3 is 1.69 bits per heavy atom. The smallest absolute Gasteiger partial charge is 0.234 e. The van der Waals surface area contributed by atoms with E-state index in [-0.39, 0.29) is 42.6 Å². The van der Waals surface area contributed by atoms with Gasteiger partial charge in [-0.1, -0.05) is 24.3 Å². The molecule has 0 saturated carbocycles. The molecule has 4 rings (SSSR count). The molecule has 0 bridgehead atoms. The summed E-state index contributed by atoms with van der Waals surface area (Å²) < 4.78 is 11.7. The van der Waals surface area contributed by atoms with Crippen LogP contribution < -0.4 is 20.1 Å². The van der Waals surface area contributed by atoms with Gasteiger partial charge in [-0.25, -0.2) is 0 Å². The molecule has 8 heteroatoms. The molecule has 2 aromatic carbocycles. The van der Waals surface area contributed by atoms with Crippen molar-refractivity contribution in [1.29, 1.82) is 0 Å². The van der Waals surface area contributed by atoms with Crippen LogP contribution in [0.15, 0.2) is 48.5 Å². The fraction of sp³-hybridized carbons (Fsp3) is 0.333. The maximum Gasteiger partial charge on any atom is 0.234 e. The number of rotatable bonds is 8. The highest BCUT2D eigenvalue weighted by Gasteiger charge is 2.32. The number of hydrogen-bond acceptors (Lipinski definition) is 6. The Hall–Kier alpha value is -3.68. The molecule has 2 aliphatic heterocycles. The Kier molecular flexibility index (Phi) is 6.20. The number of carbonyl (C=O) groups excluding carboxylic acids is 4. The van der Waals surface area contributed by atoms with Crippen LogP contribution in [-0.2, 0) is 19.2 Å². The molecule has 3 atom stereocenters. The van der Waals surface area contributed by atoms with Gasteiger partial charge in [0.15, 0.2) is 0 Å². The maximum atomic E-state index is 11.8. The standard InChI is InChI=1S/C24H24N2O6/c1-14(32-18-8-4-16(5-9-18)20-13-22(28)26-24(20)30)10-11-31-17-6-2-15(3-7-17)19-12-21(27)25-23(19)29/h2-9,14,19-20H,10-13H2,1H3,(H,25,27,29)(H,26,28,30)/t14-,19-,20+/m1/s1. The van der Waals surface area contributed by atoms with Gasteiger partial charge in [-0.15, -0.1) is 0 Å².